The summed E-state index contributed by atoms with van der Waals surface area (Å²) in [6.07, 6.45) is 5.83. The molecule has 0 bridgehead atoms. The van der Waals surface area contributed by atoms with Gasteiger partial charge in [0.15, 0.2) is 5.65 Å². The maximum Gasteiger partial charge on any atom is 0.290 e. The van der Waals surface area contributed by atoms with E-state index in [-0.39, 0.29) is 5.24 Å². The van der Waals surface area contributed by atoms with Crippen molar-refractivity contribution >= 4 is 34.6 Å². The van der Waals surface area contributed by atoms with Gasteiger partial charge in [-0.3, -0.25) is 14.9 Å². The van der Waals surface area contributed by atoms with Crippen LogP contribution in [0.4, 0.5) is 4.79 Å². The van der Waals surface area contributed by atoms with Gasteiger partial charge in [0.25, 0.3) is 11.1 Å². The van der Waals surface area contributed by atoms with E-state index in [4.69, 9.17) is 4.74 Å². The number of fused-ring (bicyclic) bond motifs is 1. The molecule has 0 unspecified atom stereocenters. The largest absolute Gasteiger partial charge is 0.373 e. The lowest BCUT2D eigenvalue weighted by Gasteiger charge is -2.28. The number of hydrogen-bond donors (Lipinski definition) is 1. The van der Waals surface area contributed by atoms with Gasteiger partial charge in [0.05, 0.1) is 35.2 Å². The highest BCUT2D eigenvalue weighted by molar-refractivity contribution is 8.18. The number of imide groups is 1. The molecule has 2 amide bonds. The minimum absolute atomic E-state index is 0.306. The Labute approximate surface area is 189 Å². The number of imidazole rings is 1. The van der Waals surface area contributed by atoms with Crippen LogP contribution < -0.4 is 5.32 Å². The Bertz CT molecular complexity index is 1210. The molecule has 0 aliphatic carbocycles. The standard InChI is InChI=1S/C23H23N5O3S/c1-27-9-7-18(8-10-27)31-14-15-3-2-4-16(11-15)19-13-24-21-6-5-17(26-28(19)21)12-20-22(29)25-23(30)32-20/h2-6,11-13,18H,7-10,14H2,1H3,(H,25,29,30). The molecule has 0 saturated carbocycles. The summed E-state index contributed by atoms with van der Waals surface area (Å²) in [5, 5.41) is 6.51. The van der Waals surface area contributed by atoms with Crippen LogP contribution >= 0.6 is 11.8 Å². The van der Waals surface area contributed by atoms with Crippen LogP contribution in [0.2, 0.25) is 0 Å². The van der Waals surface area contributed by atoms with Crippen molar-refractivity contribution in [1.82, 2.24) is 24.8 Å². The van der Waals surface area contributed by atoms with Gasteiger partial charge in [-0.1, -0.05) is 18.2 Å². The van der Waals surface area contributed by atoms with Crippen molar-refractivity contribution in [3.05, 3.63) is 58.8 Å². The van der Waals surface area contributed by atoms with Gasteiger partial charge in [-0.2, -0.15) is 5.10 Å². The van der Waals surface area contributed by atoms with Crippen LogP contribution in [0.5, 0.6) is 0 Å². The van der Waals surface area contributed by atoms with Crippen molar-refractivity contribution in [1.29, 1.82) is 0 Å². The van der Waals surface area contributed by atoms with Crippen LogP contribution in [0.1, 0.15) is 24.1 Å². The lowest BCUT2D eigenvalue weighted by molar-refractivity contribution is -0.115. The van der Waals surface area contributed by atoms with Crippen molar-refractivity contribution in [2.24, 2.45) is 0 Å². The number of carbonyl (C=O) groups excluding carboxylic acids is 2. The molecule has 1 N–H and O–H groups in total. The zero-order valence-corrected chi connectivity index (χ0v) is 18.5. The van der Waals surface area contributed by atoms with Gasteiger partial charge in [-0.05, 0) is 61.5 Å². The number of piperidine rings is 1. The van der Waals surface area contributed by atoms with Crippen LogP contribution in [0.25, 0.3) is 23.0 Å². The van der Waals surface area contributed by atoms with Crippen molar-refractivity contribution in [2.75, 3.05) is 20.1 Å². The summed E-state index contributed by atoms with van der Waals surface area (Å²) in [4.78, 5) is 30.4. The quantitative estimate of drug-likeness (QED) is 0.598. The Morgan fingerprint density at radius 3 is 2.84 bits per heavy atom. The van der Waals surface area contributed by atoms with Gasteiger partial charge >= 0.3 is 0 Å². The first-order chi connectivity index (χ1) is 15.5. The van der Waals surface area contributed by atoms with E-state index in [0.29, 0.717) is 29.0 Å². The normalized spacial score (nSPS) is 19.2. The van der Waals surface area contributed by atoms with Gasteiger partial charge in [0.1, 0.15) is 0 Å². The van der Waals surface area contributed by atoms with E-state index in [1.54, 1.807) is 22.9 Å². The number of nitrogens with zero attached hydrogens (tertiary/aromatic N) is 4. The molecule has 1 aromatic carbocycles. The second-order valence-electron chi connectivity index (χ2n) is 8.04. The number of rotatable bonds is 5. The Morgan fingerprint density at radius 1 is 1.22 bits per heavy atom. The minimum atomic E-state index is -0.398. The molecule has 2 aliphatic heterocycles. The molecule has 2 saturated heterocycles. The van der Waals surface area contributed by atoms with Gasteiger partial charge < -0.3 is 9.64 Å². The third kappa shape index (κ3) is 4.45. The molecule has 9 heteroatoms. The zero-order chi connectivity index (χ0) is 22.1. The Kier molecular flexibility index (Phi) is 5.77. The minimum Gasteiger partial charge on any atom is -0.373 e. The number of amides is 2. The molecule has 5 rings (SSSR count). The predicted octanol–water partition coefficient (Wildman–Crippen LogP) is 3.33. The molecule has 2 aliphatic rings. The first kappa shape index (κ1) is 20.9. The van der Waals surface area contributed by atoms with Crippen LogP contribution in [0.15, 0.2) is 47.5 Å². The highest BCUT2D eigenvalue weighted by atomic mass is 32.2. The van der Waals surface area contributed by atoms with E-state index in [1.807, 2.05) is 18.2 Å². The molecular weight excluding hydrogens is 426 g/mol. The third-order valence-corrected chi connectivity index (χ3v) is 6.49. The number of thioether (sulfide) groups is 1. The zero-order valence-electron chi connectivity index (χ0n) is 17.7. The van der Waals surface area contributed by atoms with Gasteiger partial charge in [-0.25, -0.2) is 9.50 Å². The van der Waals surface area contributed by atoms with Gasteiger partial charge in [-0.15, -0.1) is 0 Å². The summed E-state index contributed by atoms with van der Waals surface area (Å²) in [5.41, 5.74) is 4.22. The fourth-order valence-corrected chi connectivity index (χ4v) is 4.57. The van der Waals surface area contributed by atoms with Crippen molar-refractivity contribution in [2.45, 2.75) is 25.6 Å². The summed E-state index contributed by atoms with van der Waals surface area (Å²) in [5.74, 6) is -0.398. The lowest BCUT2D eigenvalue weighted by atomic mass is 10.1. The van der Waals surface area contributed by atoms with Crippen LogP contribution in [-0.4, -0.2) is 56.9 Å². The second kappa shape index (κ2) is 8.85. The number of carbonyl (C=O) groups is 2. The Hall–Kier alpha value is -3.01. The Morgan fingerprint density at radius 2 is 2.06 bits per heavy atom. The SMILES string of the molecule is CN1CCC(OCc2cccc(-c3cnc4ccc(C=C5SC(=O)NC5=O)nn34)c2)CC1. The summed E-state index contributed by atoms with van der Waals surface area (Å²) in [6, 6.07) is 11.8. The predicted molar refractivity (Wildman–Crippen MR) is 123 cm³/mol. The van der Waals surface area contributed by atoms with Crippen molar-refractivity contribution < 1.29 is 14.3 Å². The molecule has 32 heavy (non-hydrogen) atoms. The maximum absolute atomic E-state index is 11.8. The fourth-order valence-electron chi connectivity index (χ4n) is 3.90. The molecule has 2 aromatic heterocycles. The first-order valence-corrected chi connectivity index (χ1v) is 11.4. The molecule has 0 atom stereocenters. The molecule has 164 valence electrons. The highest BCUT2D eigenvalue weighted by Gasteiger charge is 2.25. The third-order valence-electron chi connectivity index (χ3n) is 5.68. The van der Waals surface area contributed by atoms with Crippen molar-refractivity contribution in [3.63, 3.8) is 0 Å². The molecule has 0 spiro atoms. The van der Waals surface area contributed by atoms with E-state index >= 15 is 0 Å². The first-order valence-electron chi connectivity index (χ1n) is 10.5. The number of hydrogen-bond acceptors (Lipinski definition) is 7. The highest BCUT2D eigenvalue weighted by Crippen LogP contribution is 2.26. The monoisotopic (exact) mass is 449 g/mol. The molecular formula is C23H23N5O3S. The average Bonchev–Trinajstić information content (AvgIpc) is 3.35. The maximum atomic E-state index is 11.8. The van der Waals surface area contributed by atoms with Gasteiger partial charge in [0.2, 0.25) is 0 Å². The molecule has 2 fully saturated rings. The summed E-state index contributed by atoms with van der Waals surface area (Å²) >= 11 is 0.876. The van der Waals surface area contributed by atoms with Crippen LogP contribution in [0.3, 0.4) is 0 Å². The van der Waals surface area contributed by atoms with E-state index in [1.165, 1.54) is 0 Å². The van der Waals surface area contributed by atoms with E-state index < -0.39 is 5.91 Å². The van der Waals surface area contributed by atoms with E-state index in [0.717, 1.165) is 54.5 Å². The van der Waals surface area contributed by atoms with Crippen molar-refractivity contribution in [3.8, 4) is 11.3 Å². The van der Waals surface area contributed by atoms with E-state index in [9.17, 15) is 9.59 Å². The fraction of sp³-hybridized carbons (Fsp3) is 0.304. The number of ether oxygens (including phenoxy) is 1. The smallest absolute Gasteiger partial charge is 0.290 e. The molecule has 8 nitrogen and oxygen atoms in total. The average molecular weight is 450 g/mol. The summed E-state index contributed by atoms with van der Waals surface area (Å²) < 4.78 is 7.90. The number of benzene rings is 1. The second-order valence-corrected chi connectivity index (χ2v) is 9.05. The van der Waals surface area contributed by atoms with E-state index in [2.05, 4.69) is 39.5 Å². The number of aromatic nitrogens is 3. The summed E-state index contributed by atoms with van der Waals surface area (Å²) in [6.45, 7) is 2.72. The van der Waals surface area contributed by atoms with Crippen LogP contribution in [-0.2, 0) is 16.1 Å². The molecule has 0 radical (unpaired) electrons. The topological polar surface area (TPSA) is 88.8 Å². The van der Waals surface area contributed by atoms with Gasteiger partial charge in [0, 0.05) is 18.7 Å². The Balaban J connectivity index is 1.37. The molecule has 4 heterocycles. The molecule has 3 aromatic rings. The number of nitrogens with one attached hydrogen (secondary N) is 1. The number of likely N-dealkylation sites (tertiary alicyclic amines) is 1. The summed E-state index contributed by atoms with van der Waals surface area (Å²) in [7, 11) is 2.15. The van der Waals surface area contributed by atoms with Crippen LogP contribution in [0, 0.1) is 0 Å². The lowest BCUT2D eigenvalue weighted by Crippen LogP contribution is -2.34.